The van der Waals surface area contributed by atoms with Crippen LogP contribution in [0.4, 0.5) is 11.5 Å². The van der Waals surface area contributed by atoms with Crippen LogP contribution in [0.1, 0.15) is 19.8 Å². The molecular weight excluding hydrogens is 380 g/mol. The average molecular weight is 401 g/mol. The van der Waals surface area contributed by atoms with Crippen LogP contribution >= 0.6 is 11.6 Å². The first-order valence-electron chi connectivity index (χ1n) is 9.26. The van der Waals surface area contributed by atoms with Gasteiger partial charge in [0.2, 0.25) is 5.91 Å². The van der Waals surface area contributed by atoms with Crippen LogP contribution in [0, 0.1) is 5.92 Å². The van der Waals surface area contributed by atoms with Crippen LogP contribution in [0.5, 0.6) is 0 Å². The normalized spacial score (nSPS) is 17.1. The van der Waals surface area contributed by atoms with Crippen molar-refractivity contribution in [3.63, 3.8) is 0 Å². The number of nitrogens with one attached hydrogen (secondary N) is 1. The molecule has 1 atom stereocenters. The van der Waals surface area contributed by atoms with Gasteiger partial charge in [0.15, 0.2) is 0 Å². The molecule has 1 aliphatic heterocycles. The number of hydrogen-bond donors (Lipinski definition) is 1. The van der Waals surface area contributed by atoms with Crippen LogP contribution in [-0.2, 0) is 11.3 Å². The standard InChI is InChI=1S/C19H21ClN6O2/c1-13-4-3-8-24(11-13)16-7-9-25-18(22-16)23-26(19(25)28)12-17(27)21-15-6-2-5-14(20)10-15/h2,5-7,9-10,13H,3-4,8,11-12H2,1H3,(H,21,27). The second kappa shape index (κ2) is 7.63. The minimum atomic E-state index is -0.401. The molecule has 1 amide bonds. The number of amides is 1. The molecule has 1 N–H and O–H groups in total. The molecule has 1 aliphatic rings. The fourth-order valence-electron chi connectivity index (χ4n) is 3.48. The topological polar surface area (TPSA) is 84.5 Å². The SMILES string of the molecule is CC1CCCN(c2ccn3c(=O)n(CC(=O)Nc4cccc(Cl)c4)nc3n2)C1. The summed E-state index contributed by atoms with van der Waals surface area (Å²) in [5.41, 5.74) is 0.163. The van der Waals surface area contributed by atoms with Crippen molar-refractivity contribution in [3.05, 3.63) is 52.0 Å². The summed E-state index contributed by atoms with van der Waals surface area (Å²) >= 11 is 5.92. The number of nitrogens with zero attached hydrogens (tertiary/aromatic N) is 5. The van der Waals surface area contributed by atoms with Gasteiger partial charge in [-0.15, -0.1) is 5.10 Å². The molecule has 3 aromatic rings. The number of anilines is 2. The Labute approximate surface area is 166 Å². The van der Waals surface area contributed by atoms with E-state index in [1.807, 2.05) is 6.07 Å². The lowest BCUT2D eigenvalue weighted by molar-refractivity contribution is -0.117. The van der Waals surface area contributed by atoms with E-state index in [0.717, 1.165) is 30.0 Å². The van der Waals surface area contributed by atoms with Crippen molar-refractivity contribution in [2.75, 3.05) is 23.3 Å². The molecule has 9 heteroatoms. The minimum absolute atomic E-state index is 0.204. The van der Waals surface area contributed by atoms with Crippen molar-refractivity contribution in [3.8, 4) is 0 Å². The lowest BCUT2D eigenvalue weighted by atomic mass is 10.0. The highest BCUT2D eigenvalue weighted by molar-refractivity contribution is 6.30. The Hall–Kier alpha value is -2.87. The van der Waals surface area contributed by atoms with E-state index >= 15 is 0 Å². The van der Waals surface area contributed by atoms with Gasteiger partial charge in [-0.1, -0.05) is 24.6 Å². The molecule has 0 radical (unpaired) electrons. The zero-order valence-corrected chi connectivity index (χ0v) is 16.3. The van der Waals surface area contributed by atoms with Crippen LogP contribution in [0.3, 0.4) is 0 Å². The molecule has 1 saturated heterocycles. The Kier molecular flexibility index (Phi) is 5.04. The summed E-state index contributed by atoms with van der Waals surface area (Å²) in [5.74, 6) is 1.34. The highest BCUT2D eigenvalue weighted by Crippen LogP contribution is 2.21. The highest BCUT2D eigenvalue weighted by Gasteiger charge is 2.19. The van der Waals surface area contributed by atoms with Gasteiger partial charge in [0.25, 0.3) is 5.78 Å². The van der Waals surface area contributed by atoms with Crippen molar-refractivity contribution in [2.45, 2.75) is 26.3 Å². The molecule has 4 rings (SSSR count). The maximum atomic E-state index is 12.5. The van der Waals surface area contributed by atoms with Crippen LogP contribution in [0.2, 0.25) is 5.02 Å². The van der Waals surface area contributed by atoms with E-state index < -0.39 is 5.69 Å². The van der Waals surface area contributed by atoms with Gasteiger partial charge in [-0.3, -0.25) is 4.79 Å². The van der Waals surface area contributed by atoms with Gasteiger partial charge in [-0.05, 0) is 43.0 Å². The van der Waals surface area contributed by atoms with Gasteiger partial charge in [0.1, 0.15) is 12.4 Å². The zero-order chi connectivity index (χ0) is 19.7. The first-order chi connectivity index (χ1) is 13.5. The molecule has 0 aliphatic carbocycles. The Bertz CT molecular complexity index is 1080. The largest absolute Gasteiger partial charge is 0.356 e. The number of aromatic nitrogens is 4. The van der Waals surface area contributed by atoms with E-state index in [0.29, 0.717) is 16.6 Å². The number of carbonyl (C=O) groups excluding carboxylic acids is 1. The van der Waals surface area contributed by atoms with E-state index in [1.165, 1.54) is 10.8 Å². The molecule has 3 heterocycles. The Balaban J connectivity index is 1.53. The van der Waals surface area contributed by atoms with Gasteiger partial charge < -0.3 is 10.2 Å². The van der Waals surface area contributed by atoms with Gasteiger partial charge >= 0.3 is 5.69 Å². The van der Waals surface area contributed by atoms with Crippen LogP contribution in [0.25, 0.3) is 5.78 Å². The molecule has 1 aromatic carbocycles. The molecule has 1 unspecified atom stereocenters. The van der Waals surface area contributed by atoms with Gasteiger partial charge in [-0.25, -0.2) is 13.9 Å². The van der Waals surface area contributed by atoms with Crippen molar-refractivity contribution in [2.24, 2.45) is 5.92 Å². The van der Waals surface area contributed by atoms with Crippen LogP contribution in [0.15, 0.2) is 41.3 Å². The van der Waals surface area contributed by atoms with Crippen molar-refractivity contribution in [1.29, 1.82) is 0 Å². The molecule has 28 heavy (non-hydrogen) atoms. The Morgan fingerprint density at radius 1 is 1.36 bits per heavy atom. The van der Waals surface area contributed by atoms with E-state index in [2.05, 4.69) is 27.2 Å². The Morgan fingerprint density at radius 2 is 2.21 bits per heavy atom. The summed E-state index contributed by atoms with van der Waals surface area (Å²) in [4.78, 5) is 31.5. The predicted octanol–water partition coefficient (Wildman–Crippen LogP) is 2.42. The van der Waals surface area contributed by atoms with Crippen molar-refractivity contribution < 1.29 is 4.79 Å². The molecule has 146 valence electrons. The fourth-order valence-corrected chi connectivity index (χ4v) is 3.67. The van der Waals surface area contributed by atoms with E-state index in [4.69, 9.17) is 11.6 Å². The molecule has 8 nitrogen and oxygen atoms in total. The number of piperidine rings is 1. The summed E-state index contributed by atoms with van der Waals surface area (Å²) in [6.07, 6.45) is 4.01. The second-order valence-electron chi connectivity index (χ2n) is 7.15. The monoisotopic (exact) mass is 400 g/mol. The van der Waals surface area contributed by atoms with Crippen molar-refractivity contribution in [1.82, 2.24) is 19.2 Å². The van der Waals surface area contributed by atoms with Gasteiger partial charge in [0.05, 0.1) is 0 Å². The van der Waals surface area contributed by atoms with E-state index in [1.54, 1.807) is 30.5 Å². The average Bonchev–Trinajstić information content (AvgIpc) is 2.96. The smallest absolute Gasteiger partial charge is 0.352 e. The summed E-state index contributed by atoms with van der Waals surface area (Å²) < 4.78 is 2.47. The lowest BCUT2D eigenvalue weighted by Crippen LogP contribution is -2.34. The number of halogens is 1. The number of rotatable bonds is 4. The summed E-state index contributed by atoms with van der Waals surface area (Å²) in [7, 11) is 0. The fraction of sp³-hybridized carbons (Fsp3) is 0.368. The number of fused-ring (bicyclic) bond motifs is 1. The summed E-state index contributed by atoms with van der Waals surface area (Å²) in [6, 6.07) is 8.64. The maximum Gasteiger partial charge on any atom is 0.352 e. The number of benzene rings is 1. The zero-order valence-electron chi connectivity index (χ0n) is 15.5. The van der Waals surface area contributed by atoms with Crippen molar-refractivity contribution >= 4 is 34.8 Å². The molecular formula is C19H21ClN6O2. The third kappa shape index (κ3) is 3.87. The maximum absolute atomic E-state index is 12.5. The molecule has 2 aromatic heterocycles. The predicted molar refractivity (Wildman–Crippen MR) is 108 cm³/mol. The third-order valence-corrected chi connectivity index (χ3v) is 5.06. The third-order valence-electron chi connectivity index (χ3n) is 4.82. The molecule has 0 bridgehead atoms. The summed E-state index contributed by atoms with van der Waals surface area (Å²) in [6.45, 7) is 3.91. The van der Waals surface area contributed by atoms with Gasteiger partial charge in [-0.2, -0.15) is 4.98 Å². The first kappa shape index (κ1) is 18.5. The number of hydrogen-bond acceptors (Lipinski definition) is 5. The van der Waals surface area contributed by atoms with E-state index in [-0.39, 0.29) is 18.2 Å². The lowest BCUT2D eigenvalue weighted by Gasteiger charge is -2.31. The first-order valence-corrected chi connectivity index (χ1v) is 9.64. The van der Waals surface area contributed by atoms with Crippen LogP contribution in [-0.4, -0.2) is 38.2 Å². The van der Waals surface area contributed by atoms with E-state index in [9.17, 15) is 9.59 Å². The molecule has 1 fully saturated rings. The minimum Gasteiger partial charge on any atom is -0.356 e. The molecule has 0 spiro atoms. The second-order valence-corrected chi connectivity index (χ2v) is 7.58. The van der Waals surface area contributed by atoms with Gasteiger partial charge in [0, 0.05) is 30.0 Å². The number of carbonyl (C=O) groups is 1. The van der Waals surface area contributed by atoms with Crippen LogP contribution < -0.4 is 15.9 Å². The summed E-state index contributed by atoms with van der Waals surface area (Å²) in [5, 5.41) is 7.46. The highest BCUT2D eigenvalue weighted by atomic mass is 35.5. The quantitative estimate of drug-likeness (QED) is 0.727. The Morgan fingerprint density at radius 3 is 3.00 bits per heavy atom. The molecule has 0 saturated carbocycles.